The number of hydrogen-bond acceptors (Lipinski definition) is 12. The summed E-state index contributed by atoms with van der Waals surface area (Å²) >= 11 is 2.48. The topological polar surface area (TPSA) is 166 Å². The van der Waals surface area contributed by atoms with Gasteiger partial charge in [-0.1, -0.05) is 25.9 Å². The largest absolute Gasteiger partial charge is 0.427 e. The zero-order chi connectivity index (χ0) is 30.0. The van der Waals surface area contributed by atoms with Crippen molar-refractivity contribution in [2.24, 2.45) is 16.0 Å². The van der Waals surface area contributed by atoms with Crippen molar-refractivity contribution in [3.63, 3.8) is 0 Å². The van der Waals surface area contributed by atoms with E-state index >= 15 is 0 Å². The number of thiazole rings is 1. The Kier molecular flexibility index (Phi) is 9.29. The first-order valence-corrected chi connectivity index (χ1v) is 14.2. The fraction of sp³-hybridized carbons (Fsp3) is 0.560. The molecule has 1 aromatic rings. The van der Waals surface area contributed by atoms with Crippen LogP contribution in [0.15, 0.2) is 21.8 Å². The Morgan fingerprint density at radius 2 is 1.80 bits per heavy atom. The number of carbonyl (C=O) groups is 5. The summed E-state index contributed by atoms with van der Waals surface area (Å²) in [7, 11) is 1.26. The molecule has 0 unspecified atom stereocenters. The highest BCUT2D eigenvalue weighted by Crippen LogP contribution is 2.40. The molecule has 0 spiro atoms. The molecule has 0 aromatic carbocycles. The third-order valence-corrected chi connectivity index (χ3v) is 7.86. The molecule has 0 aliphatic carbocycles. The Balaban J connectivity index is 1.67. The van der Waals surface area contributed by atoms with Crippen LogP contribution in [0.5, 0.6) is 0 Å². The Morgan fingerprint density at radius 1 is 1.12 bits per heavy atom. The second-order valence-electron chi connectivity index (χ2n) is 11.1. The molecule has 0 saturated carbocycles. The molecule has 3 rings (SSSR count). The molecule has 3 amide bonds. The fourth-order valence-corrected chi connectivity index (χ4v) is 5.40. The van der Waals surface area contributed by atoms with Crippen molar-refractivity contribution in [1.29, 1.82) is 0 Å². The molecule has 2 atom stereocenters. The van der Waals surface area contributed by atoms with E-state index in [-0.39, 0.29) is 28.1 Å². The van der Waals surface area contributed by atoms with Crippen LogP contribution < -0.4 is 10.6 Å². The van der Waals surface area contributed by atoms with Gasteiger partial charge in [0.05, 0.1) is 5.41 Å². The number of aromatic nitrogens is 1. The molecule has 13 nitrogen and oxygen atoms in total. The summed E-state index contributed by atoms with van der Waals surface area (Å²) in [5.41, 5.74) is -0.780. The van der Waals surface area contributed by atoms with Gasteiger partial charge in [0.15, 0.2) is 10.8 Å². The predicted molar refractivity (Wildman–Crippen MR) is 148 cm³/mol. The quantitative estimate of drug-likeness (QED) is 0.150. The van der Waals surface area contributed by atoms with E-state index in [0.717, 1.165) is 11.3 Å². The van der Waals surface area contributed by atoms with E-state index in [1.54, 1.807) is 48.5 Å². The molecule has 0 bridgehead atoms. The van der Waals surface area contributed by atoms with Crippen molar-refractivity contribution < 1.29 is 38.3 Å². The van der Waals surface area contributed by atoms with Crippen molar-refractivity contribution in [2.45, 2.75) is 59.9 Å². The SMILES string of the molecule is CO/N=C(\C(=O)N[C@@H]1C(=O)N2C(C(=O)OCOC(=O)C(C)(C)C)=C(C)CS[C@H]12)c1csc(NC(=O)C(C)(C)C)n1. The Hall–Kier alpha value is -3.46. The molecule has 2 aliphatic rings. The van der Waals surface area contributed by atoms with Gasteiger partial charge in [-0.15, -0.1) is 23.1 Å². The predicted octanol–water partition coefficient (Wildman–Crippen LogP) is 2.24. The summed E-state index contributed by atoms with van der Waals surface area (Å²) in [5, 5.41) is 10.4. The van der Waals surface area contributed by atoms with E-state index in [1.807, 2.05) is 0 Å². The molecule has 40 heavy (non-hydrogen) atoms. The summed E-state index contributed by atoms with van der Waals surface area (Å²) < 4.78 is 10.1. The maximum absolute atomic E-state index is 13.1. The lowest BCUT2D eigenvalue weighted by atomic mass is 9.96. The molecule has 1 saturated heterocycles. The van der Waals surface area contributed by atoms with Crippen LogP contribution in [0.3, 0.4) is 0 Å². The van der Waals surface area contributed by atoms with Crippen molar-refractivity contribution in [3.05, 3.63) is 22.3 Å². The molecule has 15 heteroatoms. The van der Waals surface area contributed by atoms with Gasteiger partial charge in [0.25, 0.3) is 11.8 Å². The minimum atomic E-state index is -0.951. The third kappa shape index (κ3) is 6.81. The number of β-lactam (4-membered cyclic amide) rings is 1. The van der Waals surface area contributed by atoms with Crippen LogP contribution in [0.1, 0.15) is 54.2 Å². The highest BCUT2D eigenvalue weighted by atomic mass is 32.2. The van der Waals surface area contributed by atoms with E-state index in [2.05, 4.69) is 20.8 Å². The zero-order valence-corrected chi connectivity index (χ0v) is 25.2. The highest BCUT2D eigenvalue weighted by molar-refractivity contribution is 8.00. The molecule has 1 aromatic heterocycles. The molecular weight excluding hydrogens is 562 g/mol. The summed E-state index contributed by atoms with van der Waals surface area (Å²) in [6.45, 7) is 11.4. The first kappa shape index (κ1) is 31.1. The number of esters is 2. The fourth-order valence-electron chi connectivity index (χ4n) is 3.41. The smallest absolute Gasteiger partial charge is 0.357 e. The molecular formula is C25H33N5O8S2. The summed E-state index contributed by atoms with van der Waals surface area (Å²) in [6.07, 6.45) is 0. The highest BCUT2D eigenvalue weighted by Gasteiger charge is 2.54. The number of amides is 3. The first-order valence-electron chi connectivity index (χ1n) is 12.2. The maximum atomic E-state index is 13.1. The van der Waals surface area contributed by atoms with E-state index in [1.165, 1.54) is 29.2 Å². The van der Waals surface area contributed by atoms with Crippen LogP contribution in [0.25, 0.3) is 0 Å². The van der Waals surface area contributed by atoms with Gasteiger partial charge in [-0.3, -0.25) is 24.1 Å². The van der Waals surface area contributed by atoms with Crippen LogP contribution in [0.2, 0.25) is 0 Å². The number of rotatable bonds is 8. The Bertz CT molecular complexity index is 1270. The zero-order valence-electron chi connectivity index (χ0n) is 23.6. The maximum Gasteiger partial charge on any atom is 0.357 e. The van der Waals surface area contributed by atoms with Gasteiger partial charge in [0.1, 0.15) is 29.9 Å². The molecule has 1 fully saturated rings. The van der Waals surface area contributed by atoms with Gasteiger partial charge < -0.3 is 24.9 Å². The van der Waals surface area contributed by atoms with Crippen LogP contribution in [-0.4, -0.2) is 76.3 Å². The first-order chi connectivity index (χ1) is 18.6. The lowest BCUT2D eigenvalue weighted by Crippen LogP contribution is -2.71. The van der Waals surface area contributed by atoms with Crippen LogP contribution in [0, 0.1) is 10.8 Å². The van der Waals surface area contributed by atoms with Crippen molar-refractivity contribution in [2.75, 3.05) is 25.0 Å². The standard InChI is InChI=1S/C25H33N5O8S2/c1-12-9-39-19-15(18(32)30(19)16(12)20(33)37-11-38-22(35)25(5,6)7)27-17(31)14(29-36-8)13-10-40-23(26-13)28-21(34)24(2,3)4/h10,15,19H,9,11H2,1-8H3,(H,27,31)(H,26,28,34)/b29-14-/t15-,19-/m1/s1. The number of nitrogens with zero attached hydrogens (tertiary/aromatic N) is 3. The summed E-state index contributed by atoms with van der Waals surface area (Å²) in [5.74, 6) is -2.42. The van der Waals surface area contributed by atoms with E-state index in [9.17, 15) is 24.0 Å². The second-order valence-corrected chi connectivity index (χ2v) is 13.0. The van der Waals surface area contributed by atoms with Gasteiger partial charge in [0.2, 0.25) is 12.7 Å². The Labute approximate surface area is 240 Å². The van der Waals surface area contributed by atoms with Gasteiger partial charge in [0, 0.05) is 16.5 Å². The minimum absolute atomic E-state index is 0.0515. The lowest BCUT2D eigenvalue weighted by Gasteiger charge is -2.49. The summed E-state index contributed by atoms with van der Waals surface area (Å²) in [4.78, 5) is 73.6. The third-order valence-electron chi connectivity index (χ3n) is 5.68. The van der Waals surface area contributed by atoms with Gasteiger partial charge in [-0.2, -0.15) is 0 Å². The van der Waals surface area contributed by atoms with Crippen molar-refractivity contribution in [1.82, 2.24) is 15.2 Å². The van der Waals surface area contributed by atoms with Crippen molar-refractivity contribution >= 4 is 63.6 Å². The van der Waals surface area contributed by atoms with Crippen LogP contribution >= 0.6 is 23.1 Å². The number of thioether (sulfide) groups is 1. The van der Waals surface area contributed by atoms with E-state index < -0.39 is 52.8 Å². The van der Waals surface area contributed by atoms with Crippen LogP contribution in [0.4, 0.5) is 5.13 Å². The summed E-state index contributed by atoms with van der Waals surface area (Å²) in [6, 6.07) is -0.951. The Morgan fingerprint density at radius 3 is 2.40 bits per heavy atom. The number of nitrogens with one attached hydrogen (secondary N) is 2. The monoisotopic (exact) mass is 595 g/mol. The molecule has 218 valence electrons. The molecule has 2 N–H and O–H groups in total. The average Bonchev–Trinajstić information content (AvgIpc) is 3.32. The van der Waals surface area contributed by atoms with Gasteiger partial charge in [-0.25, -0.2) is 9.78 Å². The van der Waals surface area contributed by atoms with E-state index in [4.69, 9.17) is 14.3 Å². The van der Waals surface area contributed by atoms with Gasteiger partial charge >= 0.3 is 11.9 Å². The van der Waals surface area contributed by atoms with Crippen LogP contribution in [-0.2, 0) is 38.3 Å². The number of carbonyl (C=O) groups excluding carboxylic acids is 5. The number of hydrogen-bond donors (Lipinski definition) is 2. The van der Waals surface area contributed by atoms with Crippen molar-refractivity contribution in [3.8, 4) is 0 Å². The number of oxime groups is 1. The normalized spacial score (nSPS) is 19.4. The molecule has 0 radical (unpaired) electrons. The number of fused-ring (bicyclic) bond motifs is 1. The molecule has 3 heterocycles. The van der Waals surface area contributed by atoms with Gasteiger partial charge in [-0.05, 0) is 33.3 Å². The second kappa shape index (κ2) is 12.0. The van der Waals surface area contributed by atoms with E-state index in [0.29, 0.717) is 11.3 Å². The number of ether oxygens (including phenoxy) is 2. The lowest BCUT2D eigenvalue weighted by molar-refractivity contribution is -0.173. The minimum Gasteiger partial charge on any atom is -0.427 e. The number of anilines is 1. The molecule has 2 aliphatic heterocycles. The average molecular weight is 596 g/mol.